The topological polar surface area (TPSA) is 68.0 Å². The van der Waals surface area contributed by atoms with E-state index in [4.69, 9.17) is 5.11 Å². The van der Waals surface area contributed by atoms with Gasteiger partial charge in [0.25, 0.3) is 0 Å². The highest BCUT2D eigenvalue weighted by Gasteiger charge is 2.17. The van der Waals surface area contributed by atoms with Crippen molar-refractivity contribution in [2.24, 2.45) is 0 Å². The van der Waals surface area contributed by atoms with Gasteiger partial charge in [0.2, 0.25) is 0 Å². The van der Waals surface area contributed by atoms with Crippen molar-refractivity contribution < 1.29 is 9.90 Å². The Kier molecular flexibility index (Phi) is 2.00. The van der Waals surface area contributed by atoms with Crippen LogP contribution in [0.2, 0.25) is 0 Å². The number of nitrogens with zero attached hydrogens (tertiary/aromatic N) is 3. The number of rotatable bonds is 2. The molecule has 0 aromatic carbocycles. The second kappa shape index (κ2) is 3.16. The van der Waals surface area contributed by atoms with Crippen molar-refractivity contribution >= 4 is 5.97 Å². The highest BCUT2D eigenvalue weighted by atomic mass is 16.4. The lowest BCUT2D eigenvalue weighted by Crippen LogP contribution is -2.15. The molecule has 1 aromatic heterocycles. The highest BCUT2D eigenvalue weighted by Crippen LogP contribution is 2.18. The van der Waals surface area contributed by atoms with Gasteiger partial charge in [-0.2, -0.15) is 0 Å². The molecule has 1 heterocycles. The molecule has 0 aliphatic heterocycles. The van der Waals surface area contributed by atoms with E-state index in [-0.39, 0.29) is 6.54 Å². The van der Waals surface area contributed by atoms with Crippen molar-refractivity contribution in [1.29, 1.82) is 0 Å². The molecule has 1 aromatic rings. The molecule has 0 radical (unpaired) electrons. The summed E-state index contributed by atoms with van der Waals surface area (Å²) in [7, 11) is 0. The van der Waals surface area contributed by atoms with Crippen LogP contribution in [0.15, 0.2) is 0 Å². The molecule has 70 valence electrons. The van der Waals surface area contributed by atoms with Crippen LogP contribution in [0.5, 0.6) is 0 Å². The molecule has 0 unspecified atom stereocenters. The predicted molar refractivity (Wildman–Crippen MR) is 44.3 cm³/mol. The third kappa shape index (κ3) is 1.54. The zero-order chi connectivity index (χ0) is 9.26. The van der Waals surface area contributed by atoms with Crippen LogP contribution in [0.3, 0.4) is 0 Å². The van der Waals surface area contributed by atoms with Gasteiger partial charge in [0.05, 0.1) is 11.4 Å². The molecule has 0 bridgehead atoms. The van der Waals surface area contributed by atoms with Crippen LogP contribution >= 0.6 is 0 Å². The number of carbonyl (C=O) groups is 1. The lowest BCUT2D eigenvalue weighted by atomic mass is 10.0. The average Bonchev–Trinajstić information content (AvgIpc) is 2.48. The first-order valence-corrected chi connectivity index (χ1v) is 4.40. The van der Waals surface area contributed by atoms with Crippen molar-refractivity contribution in [1.82, 2.24) is 15.0 Å². The molecule has 5 heteroatoms. The third-order valence-corrected chi connectivity index (χ3v) is 2.28. The van der Waals surface area contributed by atoms with Crippen molar-refractivity contribution in [2.45, 2.75) is 32.2 Å². The molecule has 0 spiro atoms. The maximum atomic E-state index is 10.5. The van der Waals surface area contributed by atoms with E-state index in [1.54, 1.807) is 0 Å². The number of carboxylic acids is 1. The molecule has 0 saturated carbocycles. The van der Waals surface area contributed by atoms with Crippen LogP contribution < -0.4 is 0 Å². The second-order valence-electron chi connectivity index (χ2n) is 3.24. The minimum absolute atomic E-state index is 0.0671. The maximum absolute atomic E-state index is 10.5. The largest absolute Gasteiger partial charge is 0.480 e. The average molecular weight is 181 g/mol. The summed E-state index contributed by atoms with van der Waals surface area (Å²) in [6.45, 7) is -0.0671. The van der Waals surface area contributed by atoms with Gasteiger partial charge < -0.3 is 5.11 Å². The number of hydrogen-bond acceptors (Lipinski definition) is 3. The minimum atomic E-state index is -0.863. The molecule has 0 fully saturated rings. The van der Waals surface area contributed by atoms with Crippen molar-refractivity contribution in [3.8, 4) is 0 Å². The summed E-state index contributed by atoms with van der Waals surface area (Å²) in [4.78, 5) is 10.5. The van der Waals surface area contributed by atoms with E-state index in [1.807, 2.05) is 0 Å². The zero-order valence-corrected chi connectivity index (χ0v) is 7.23. The monoisotopic (exact) mass is 181 g/mol. The summed E-state index contributed by atoms with van der Waals surface area (Å²) in [6, 6.07) is 0. The molecule has 5 nitrogen and oxygen atoms in total. The number of aromatic nitrogens is 3. The fourth-order valence-electron chi connectivity index (χ4n) is 1.68. The van der Waals surface area contributed by atoms with Crippen LogP contribution in [0.25, 0.3) is 0 Å². The fourth-order valence-corrected chi connectivity index (χ4v) is 1.68. The standard InChI is InChI=1S/C8H11N3O2/c12-8(13)5-11-7-4-2-1-3-6(7)9-10-11/h1-5H2,(H,12,13). The Bertz CT molecular complexity index is 332. The van der Waals surface area contributed by atoms with Gasteiger partial charge in [0.15, 0.2) is 0 Å². The fraction of sp³-hybridized carbons (Fsp3) is 0.625. The van der Waals surface area contributed by atoms with Gasteiger partial charge >= 0.3 is 5.97 Å². The van der Waals surface area contributed by atoms with E-state index in [9.17, 15) is 4.79 Å². The summed E-state index contributed by atoms with van der Waals surface area (Å²) >= 11 is 0. The Hall–Kier alpha value is -1.39. The van der Waals surface area contributed by atoms with Gasteiger partial charge in [-0.25, -0.2) is 4.68 Å². The smallest absolute Gasteiger partial charge is 0.325 e. The van der Waals surface area contributed by atoms with Crippen molar-refractivity contribution in [2.75, 3.05) is 0 Å². The molecule has 0 amide bonds. The van der Waals surface area contributed by atoms with Crippen LogP contribution in [0.1, 0.15) is 24.2 Å². The van der Waals surface area contributed by atoms with Gasteiger partial charge in [-0.1, -0.05) is 5.21 Å². The van der Waals surface area contributed by atoms with Gasteiger partial charge in [0.1, 0.15) is 6.54 Å². The molecule has 13 heavy (non-hydrogen) atoms. The van der Waals surface area contributed by atoms with Crippen molar-refractivity contribution in [3.05, 3.63) is 11.4 Å². The van der Waals surface area contributed by atoms with E-state index in [0.29, 0.717) is 0 Å². The number of aryl methyl sites for hydroxylation is 1. The maximum Gasteiger partial charge on any atom is 0.325 e. The lowest BCUT2D eigenvalue weighted by Gasteiger charge is -2.10. The molecular formula is C8H11N3O2. The highest BCUT2D eigenvalue weighted by molar-refractivity contribution is 5.66. The van der Waals surface area contributed by atoms with Crippen molar-refractivity contribution in [3.63, 3.8) is 0 Å². The van der Waals surface area contributed by atoms with E-state index >= 15 is 0 Å². The van der Waals surface area contributed by atoms with E-state index in [2.05, 4.69) is 10.3 Å². The summed E-state index contributed by atoms with van der Waals surface area (Å²) in [5.74, 6) is -0.863. The SMILES string of the molecule is O=C(O)Cn1nnc2c1CCCC2. The van der Waals surface area contributed by atoms with Gasteiger partial charge in [-0.05, 0) is 25.7 Å². The normalized spacial score (nSPS) is 15.4. The first kappa shape index (κ1) is 8.22. The Morgan fingerprint density at radius 2 is 2.23 bits per heavy atom. The number of fused-ring (bicyclic) bond motifs is 1. The van der Waals surface area contributed by atoms with Crippen LogP contribution in [0.4, 0.5) is 0 Å². The van der Waals surface area contributed by atoms with E-state index < -0.39 is 5.97 Å². The van der Waals surface area contributed by atoms with Gasteiger partial charge in [-0.15, -0.1) is 5.10 Å². The van der Waals surface area contributed by atoms with E-state index in [1.165, 1.54) is 4.68 Å². The number of carboxylic acid groups (broad SMARTS) is 1. The first-order valence-electron chi connectivity index (χ1n) is 4.40. The Balaban J connectivity index is 2.26. The number of aliphatic carboxylic acids is 1. The zero-order valence-electron chi connectivity index (χ0n) is 7.23. The summed E-state index contributed by atoms with van der Waals surface area (Å²) in [6.07, 6.45) is 4.10. The summed E-state index contributed by atoms with van der Waals surface area (Å²) in [5, 5.41) is 16.4. The van der Waals surface area contributed by atoms with Gasteiger partial charge in [0, 0.05) is 0 Å². The predicted octanol–water partition coefficient (Wildman–Crippen LogP) is 0.241. The molecule has 0 atom stereocenters. The van der Waals surface area contributed by atoms with Gasteiger partial charge in [-0.3, -0.25) is 4.79 Å². The molecule has 1 N–H and O–H groups in total. The summed E-state index contributed by atoms with van der Waals surface area (Å²) in [5.41, 5.74) is 1.99. The Morgan fingerprint density at radius 1 is 1.46 bits per heavy atom. The van der Waals surface area contributed by atoms with E-state index in [0.717, 1.165) is 37.1 Å². The van der Waals surface area contributed by atoms with Crippen LogP contribution in [-0.4, -0.2) is 26.1 Å². The molecular weight excluding hydrogens is 170 g/mol. The molecule has 2 rings (SSSR count). The molecule has 0 saturated heterocycles. The quantitative estimate of drug-likeness (QED) is 0.709. The lowest BCUT2D eigenvalue weighted by molar-refractivity contribution is -0.138. The Labute approximate surface area is 75.4 Å². The first-order chi connectivity index (χ1) is 6.27. The Morgan fingerprint density at radius 3 is 3.00 bits per heavy atom. The molecule has 1 aliphatic carbocycles. The summed E-state index contributed by atoms with van der Waals surface area (Å²) < 4.78 is 1.50. The minimum Gasteiger partial charge on any atom is -0.480 e. The third-order valence-electron chi connectivity index (χ3n) is 2.28. The second-order valence-corrected chi connectivity index (χ2v) is 3.24. The number of hydrogen-bond donors (Lipinski definition) is 1. The van der Waals surface area contributed by atoms with Crippen LogP contribution in [0, 0.1) is 0 Å². The molecule has 1 aliphatic rings. The van der Waals surface area contributed by atoms with Crippen LogP contribution in [-0.2, 0) is 24.2 Å².